The maximum absolute atomic E-state index is 12.4. The van der Waals surface area contributed by atoms with Gasteiger partial charge in [0.05, 0.1) is 18.7 Å². The topological polar surface area (TPSA) is 72.6 Å². The second-order valence-corrected chi connectivity index (χ2v) is 6.85. The maximum Gasteiger partial charge on any atom is 0.341 e. The van der Waals surface area contributed by atoms with Crippen molar-refractivity contribution < 1.29 is 14.3 Å². The van der Waals surface area contributed by atoms with Crippen LogP contribution in [0, 0.1) is 0 Å². The summed E-state index contributed by atoms with van der Waals surface area (Å²) in [5.74, 6) is -0.240. The minimum Gasteiger partial charge on any atom is -0.462 e. The molecule has 5 nitrogen and oxygen atoms in total. The van der Waals surface area contributed by atoms with Crippen molar-refractivity contribution in [1.29, 1.82) is 0 Å². The molecule has 0 bridgehead atoms. The predicted octanol–water partition coefficient (Wildman–Crippen LogP) is 2.75. The lowest BCUT2D eigenvalue weighted by Gasteiger charge is -2.26. The van der Waals surface area contributed by atoms with Crippen LogP contribution in [0.25, 0.3) is 0 Å². The fourth-order valence-corrected chi connectivity index (χ4v) is 4.11. The Morgan fingerprint density at radius 3 is 2.75 bits per heavy atom. The molecule has 1 aliphatic heterocycles. The van der Waals surface area contributed by atoms with Gasteiger partial charge in [-0.25, -0.2) is 4.79 Å². The number of Topliss-reactive ketones (excluding diaryl/α,β-unsaturated/α-hetero) is 1. The first kappa shape index (κ1) is 16.7. The highest BCUT2D eigenvalue weighted by Crippen LogP contribution is 2.35. The average Bonchev–Trinajstić information content (AvgIpc) is 2.91. The second-order valence-electron chi connectivity index (χ2n) is 5.71. The highest BCUT2D eigenvalue weighted by atomic mass is 32.1. The number of nitrogen functional groups attached to an aromatic ring is 1. The van der Waals surface area contributed by atoms with Gasteiger partial charge >= 0.3 is 5.97 Å². The average molecular weight is 344 g/mol. The molecule has 2 aromatic rings. The molecule has 0 radical (unpaired) electrons. The minimum absolute atomic E-state index is 0.106. The number of carbonyl (C=O) groups excluding carboxylic acids is 2. The lowest BCUT2D eigenvalue weighted by atomic mass is 10.0. The van der Waals surface area contributed by atoms with Gasteiger partial charge in [-0.1, -0.05) is 30.3 Å². The molecule has 1 aliphatic rings. The smallest absolute Gasteiger partial charge is 0.341 e. The van der Waals surface area contributed by atoms with Crippen LogP contribution < -0.4 is 5.73 Å². The number of rotatable bonds is 5. The van der Waals surface area contributed by atoms with Crippen LogP contribution in [-0.2, 0) is 17.7 Å². The molecule has 0 unspecified atom stereocenters. The largest absolute Gasteiger partial charge is 0.462 e. The van der Waals surface area contributed by atoms with E-state index in [9.17, 15) is 9.59 Å². The molecule has 0 saturated carbocycles. The van der Waals surface area contributed by atoms with E-state index in [0.29, 0.717) is 36.7 Å². The first-order valence-electron chi connectivity index (χ1n) is 7.98. The highest BCUT2D eigenvalue weighted by Gasteiger charge is 2.28. The summed E-state index contributed by atoms with van der Waals surface area (Å²) in [5, 5.41) is 0.509. The van der Waals surface area contributed by atoms with E-state index in [2.05, 4.69) is 4.90 Å². The minimum atomic E-state index is -0.346. The van der Waals surface area contributed by atoms with Crippen molar-refractivity contribution in [1.82, 2.24) is 4.90 Å². The molecule has 0 amide bonds. The summed E-state index contributed by atoms with van der Waals surface area (Å²) in [5.41, 5.74) is 8.25. The van der Waals surface area contributed by atoms with Crippen LogP contribution in [-0.4, -0.2) is 36.3 Å². The number of hydrogen-bond donors (Lipinski definition) is 1. The Labute approximate surface area is 145 Å². The summed E-state index contributed by atoms with van der Waals surface area (Å²) in [4.78, 5) is 27.6. The molecule has 0 saturated heterocycles. The van der Waals surface area contributed by atoms with E-state index < -0.39 is 0 Å². The number of esters is 1. The number of nitrogens with two attached hydrogens (primary N) is 1. The van der Waals surface area contributed by atoms with Crippen molar-refractivity contribution in [2.45, 2.75) is 19.9 Å². The first-order valence-corrected chi connectivity index (χ1v) is 8.79. The van der Waals surface area contributed by atoms with Gasteiger partial charge in [0, 0.05) is 23.5 Å². The zero-order valence-electron chi connectivity index (χ0n) is 13.6. The summed E-state index contributed by atoms with van der Waals surface area (Å²) < 4.78 is 5.10. The van der Waals surface area contributed by atoms with E-state index in [1.54, 1.807) is 6.92 Å². The number of ketones is 1. The van der Waals surface area contributed by atoms with Crippen LogP contribution in [0.4, 0.5) is 5.00 Å². The third-order valence-electron chi connectivity index (χ3n) is 4.11. The molecular weight excluding hydrogens is 324 g/mol. The third-order valence-corrected chi connectivity index (χ3v) is 5.15. The Hall–Kier alpha value is -2.18. The van der Waals surface area contributed by atoms with Crippen molar-refractivity contribution in [3.8, 4) is 0 Å². The van der Waals surface area contributed by atoms with Gasteiger partial charge in [0.15, 0.2) is 5.78 Å². The quantitative estimate of drug-likeness (QED) is 0.667. The molecule has 2 heterocycles. The maximum atomic E-state index is 12.4. The molecule has 0 fully saturated rings. The van der Waals surface area contributed by atoms with Gasteiger partial charge in [0.25, 0.3) is 0 Å². The van der Waals surface area contributed by atoms with Gasteiger partial charge < -0.3 is 10.5 Å². The first-order chi connectivity index (χ1) is 11.6. The molecule has 3 rings (SSSR count). The van der Waals surface area contributed by atoms with Crippen LogP contribution in [0.3, 0.4) is 0 Å². The van der Waals surface area contributed by atoms with Gasteiger partial charge in [-0.15, -0.1) is 11.3 Å². The zero-order chi connectivity index (χ0) is 17.1. The summed E-state index contributed by atoms with van der Waals surface area (Å²) >= 11 is 1.42. The van der Waals surface area contributed by atoms with Crippen molar-refractivity contribution in [3.63, 3.8) is 0 Å². The van der Waals surface area contributed by atoms with Crippen LogP contribution in [0.5, 0.6) is 0 Å². The number of carbonyl (C=O) groups is 2. The highest BCUT2D eigenvalue weighted by molar-refractivity contribution is 7.16. The number of fused-ring (bicyclic) bond motifs is 1. The van der Waals surface area contributed by atoms with E-state index in [-0.39, 0.29) is 11.8 Å². The molecule has 2 N–H and O–H groups in total. The number of ether oxygens (including phenoxy) is 1. The Balaban J connectivity index is 1.72. The summed E-state index contributed by atoms with van der Waals surface area (Å²) in [7, 11) is 0. The van der Waals surface area contributed by atoms with Crippen LogP contribution in [0.1, 0.15) is 38.1 Å². The standard InChI is InChI=1S/C18H20N2O3S/c1-2-23-18(22)16-13-8-9-20(11-15(13)24-17(16)19)10-14(21)12-6-4-3-5-7-12/h3-7H,2,8-11,19H2,1H3. The lowest BCUT2D eigenvalue weighted by molar-refractivity contribution is 0.0525. The van der Waals surface area contributed by atoms with Gasteiger partial charge in [-0.3, -0.25) is 9.69 Å². The Morgan fingerprint density at radius 2 is 2.04 bits per heavy atom. The van der Waals surface area contributed by atoms with Crippen molar-refractivity contribution in [2.75, 3.05) is 25.4 Å². The van der Waals surface area contributed by atoms with Crippen molar-refractivity contribution >= 4 is 28.1 Å². The molecule has 0 aliphatic carbocycles. The van der Waals surface area contributed by atoms with Crippen LogP contribution >= 0.6 is 11.3 Å². The van der Waals surface area contributed by atoms with E-state index in [1.807, 2.05) is 30.3 Å². The monoisotopic (exact) mass is 344 g/mol. The zero-order valence-corrected chi connectivity index (χ0v) is 14.4. The van der Waals surface area contributed by atoms with Crippen molar-refractivity contribution in [2.24, 2.45) is 0 Å². The third kappa shape index (κ3) is 3.34. The number of thiophene rings is 1. The molecule has 126 valence electrons. The summed E-state index contributed by atoms with van der Waals surface area (Å²) in [6, 6.07) is 9.30. The second kappa shape index (κ2) is 7.15. The predicted molar refractivity (Wildman–Crippen MR) is 94.4 cm³/mol. The Kier molecular flexibility index (Phi) is 4.97. The van der Waals surface area contributed by atoms with Gasteiger partial charge in [-0.05, 0) is 18.9 Å². The molecule has 6 heteroatoms. The molecule has 0 atom stereocenters. The number of nitrogens with zero attached hydrogens (tertiary/aromatic N) is 1. The number of anilines is 1. The van der Waals surface area contributed by atoms with E-state index >= 15 is 0 Å². The molecule has 24 heavy (non-hydrogen) atoms. The van der Waals surface area contributed by atoms with E-state index in [4.69, 9.17) is 10.5 Å². The molecule has 1 aromatic carbocycles. The number of hydrogen-bond acceptors (Lipinski definition) is 6. The lowest BCUT2D eigenvalue weighted by Crippen LogP contribution is -2.34. The number of benzene rings is 1. The van der Waals surface area contributed by atoms with E-state index in [1.165, 1.54) is 11.3 Å². The van der Waals surface area contributed by atoms with E-state index in [0.717, 1.165) is 22.5 Å². The Morgan fingerprint density at radius 1 is 1.29 bits per heavy atom. The van der Waals surface area contributed by atoms with Gasteiger partial charge in [0.2, 0.25) is 0 Å². The summed E-state index contributed by atoms with van der Waals surface area (Å²) in [6.45, 7) is 3.86. The van der Waals surface area contributed by atoms with Gasteiger partial charge in [-0.2, -0.15) is 0 Å². The molecule has 0 spiro atoms. The fourth-order valence-electron chi connectivity index (χ4n) is 2.96. The van der Waals surface area contributed by atoms with Crippen LogP contribution in [0.2, 0.25) is 0 Å². The van der Waals surface area contributed by atoms with Gasteiger partial charge in [0.1, 0.15) is 5.00 Å². The molecule has 1 aromatic heterocycles. The van der Waals surface area contributed by atoms with Crippen molar-refractivity contribution in [3.05, 3.63) is 51.9 Å². The molecular formula is C18H20N2O3S. The normalized spacial score (nSPS) is 14.2. The Bertz CT molecular complexity index is 755. The fraction of sp³-hybridized carbons (Fsp3) is 0.333. The summed E-state index contributed by atoms with van der Waals surface area (Å²) in [6.07, 6.45) is 0.708. The SMILES string of the molecule is CCOC(=O)c1c(N)sc2c1CCN(CC(=O)c1ccccc1)C2. The van der Waals surface area contributed by atoms with Crippen LogP contribution in [0.15, 0.2) is 30.3 Å².